The van der Waals surface area contributed by atoms with Crippen LogP contribution in [0, 0.1) is 5.92 Å². The molecule has 2 aliphatic heterocycles. The standard InChI is InChI=1S/C18H29N5O2/c1-18(2,23-9-11-25-12-10-23)14-21-17(24)15-3-7-22(8-4-15)16-13-19-5-6-20-16/h5-6,13,15H,3-4,7-12,14H2,1-2H3,(H,21,24). The van der Waals surface area contributed by atoms with Gasteiger partial charge in [-0.25, -0.2) is 4.98 Å². The van der Waals surface area contributed by atoms with Crippen molar-refractivity contribution < 1.29 is 9.53 Å². The quantitative estimate of drug-likeness (QED) is 0.854. The van der Waals surface area contributed by atoms with Gasteiger partial charge in [-0.3, -0.25) is 14.7 Å². The highest BCUT2D eigenvalue weighted by Crippen LogP contribution is 2.22. The number of anilines is 1. The highest BCUT2D eigenvalue weighted by Gasteiger charge is 2.31. The molecule has 1 aromatic heterocycles. The molecule has 0 bridgehead atoms. The Hall–Kier alpha value is -1.73. The molecule has 0 aromatic carbocycles. The van der Waals surface area contributed by atoms with E-state index in [4.69, 9.17) is 4.74 Å². The lowest BCUT2D eigenvalue weighted by Gasteiger charge is -2.41. The third-order valence-electron chi connectivity index (χ3n) is 5.30. The largest absolute Gasteiger partial charge is 0.379 e. The molecule has 0 atom stereocenters. The summed E-state index contributed by atoms with van der Waals surface area (Å²) in [6.45, 7) is 10.2. The molecule has 0 spiro atoms. The maximum Gasteiger partial charge on any atom is 0.223 e. The molecule has 25 heavy (non-hydrogen) atoms. The van der Waals surface area contributed by atoms with Crippen molar-refractivity contribution >= 4 is 11.7 Å². The first-order chi connectivity index (χ1) is 12.1. The number of carbonyl (C=O) groups is 1. The summed E-state index contributed by atoms with van der Waals surface area (Å²) in [7, 11) is 0. The monoisotopic (exact) mass is 347 g/mol. The Kier molecular flexibility index (Phi) is 5.86. The summed E-state index contributed by atoms with van der Waals surface area (Å²) in [4.78, 5) is 25.6. The second kappa shape index (κ2) is 8.10. The van der Waals surface area contributed by atoms with Gasteiger partial charge in [0.1, 0.15) is 5.82 Å². The van der Waals surface area contributed by atoms with Crippen molar-refractivity contribution in [2.24, 2.45) is 5.92 Å². The lowest BCUT2D eigenvalue weighted by Crippen LogP contribution is -2.56. The lowest BCUT2D eigenvalue weighted by atomic mass is 9.95. The molecular weight excluding hydrogens is 318 g/mol. The Morgan fingerprint density at radius 3 is 2.60 bits per heavy atom. The summed E-state index contributed by atoms with van der Waals surface area (Å²) in [6.07, 6.45) is 6.90. The van der Waals surface area contributed by atoms with Crippen molar-refractivity contribution in [1.29, 1.82) is 0 Å². The zero-order valence-corrected chi connectivity index (χ0v) is 15.3. The number of morpholine rings is 1. The molecule has 3 heterocycles. The van der Waals surface area contributed by atoms with Gasteiger partial charge in [0.15, 0.2) is 0 Å². The number of amides is 1. The fourth-order valence-electron chi connectivity index (χ4n) is 3.55. The predicted molar refractivity (Wildman–Crippen MR) is 96.4 cm³/mol. The van der Waals surface area contributed by atoms with E-state index in [0.29, 0.717) is 6.54 Å². The minimum atomic E-state index is -0.0419. The Labute approximate surface area is 149 Å². The van der Waals surface area contributed by atoms with Gasteiger partial charge in [0.2, 0.25) is 5.91 Å². The van der Waals surface area contributed by atoms with Crippen LogP contribution < -0.4 is 10.2 Å². The molecule has 2 saturated heterocycles. The van der Waals surface area contributed by atoms with E-state index in [2.05, 4.69) is 38.9 Å². The number of nitrogens with one attached hydrogen (secondary N) is 1. The molecule has 3 rings (SSSR count). The molecule has 2 aliphatic rings. The first-order valence-corrected chi connectivity index (χ1v) is 9.18. The van der Waals surface area contributed by atoms with Crippen LogP contribution in [0.3, 0.4) is 0 Å². The highest BCUT2D eigenvalue weighted by atomic mass is 16.5. The number of aromatic nitrogens is 2. The van der Waals surface area contributed by atoms with E-state index in [0.717, 1.165) is 58.1 Å². The van der Waals surface area contributed by atoms with E-state index in [9.17, 15) is 4.79 Å². The number of ether oxygens (including phenoxy) is 1. The summed E-state index contributed by atoms with van der Waals surface area (Å²) in [5, 5.41) is 3.18. The molecule has 0 aliphatic carbocycles. The molecule has 0 saturated carbocycles. The third-order valence-corrected chi connectivity index (χ3v) is 5.30. The molecule has 7 nitrogen and oxygen atoms in total. The second-order valence-electron chi connectivity index (χ2n) is 7.45. The molecule has 1 amide bonds. The van der Waals surface area contributed by atoms with Crippen LogP contribution in [0.1, 0.15) is 26.7 Å². The van der Waals surface area contributed by atoms with Gasteiger partial charge >= 0.3 is 0 Å². The van der Waals surface area contributed by atoms with E-state index in [1.165, 1.54) is 0 Å². The topological polar surface area (TPSA) is 70.6 Å². The minimum absolute atomic E-state index is 0.0419. The SMILES string of the molecule is CC(C)(CNC(=O)C1CCN(c2cnccn2)CC1)N1CCOCC1. The van der Waals surface area contributed by atoms with Crippen molar-refractivity contribution in [3.63, 3.8) is 0 Å². The average molecular weight is 347 g/mol. The van der Waals surface area contributed by atoms with Gasteiger partial charge in [0, 0.05) is 56.6 Å². The van der Waals surface area contributed by atoms with Crippen molar-refractivity contribution in [3.8, 4) is 0 Å². The molecule has 2 fully saturated rings. The summed E-state index contributed by atoms with van der Waals surface area (Å²) >= 11 is 0. The third kappa shape index (κ3) is 4.67. The van der Waals surface area contributed by atoms with Crippen LogP contribution in [0.15, 0.2) is 18.6 Å². The number of hydrogen-bond acceptors (Lipinski definition) is 6. The predicted octanol–water partition coefficient (Wildman–Crippen LogP) is 0.920. The first kappa shape index (κ1) is 18.1. The Morgan fingerprint density at radius 1 is 1.24 bits per heavy atom. The van der Waals surface area contributed by atoms with Gasteiger partial charge in [-0.2, -0.15) is 0 Å². The summed E-state index contributed by atoms with van der Waals surface area (Å²) in [5.41, 5.74) is -0.0419. The number of carbonyl (C=O) groups excluding carboxylic acids is 1. The molecule has 1 N–H and O–H groups in total. The Balaban J connectivity index is 1.45. The molecule has 138 valence electrons. The van der Waals surface area contributed by atoms with Crippen LogP contribution >= 0.6 is 0 Å². The van der Waals surface area contributed by atoms with Crippen molar-refractivity contribution in [3.05, 3.63) is 18.6 Å². The van der Waals surface area contributed by atoms with E-state index < -0.39 is 0 Å². The molecule has 1 aromatic rings. The van der Waals surface area contributed by atoms with Crippen LogP contribution in [0.5, 0.6) is 0 Å². The molecule has 0 unspecified atom stereocenters. The van der Waals surface area contributed by atoms with Gasteiger partial charge in [0.25, 0.3) is 0 Å². The smallest absolute Gasteiger partial charge is 0.223 e. The zero-order chi connectivity index (χ0) is 17.7. The number of nitrogens with zero attached hydrogens (tertiary/aromatic N) is 4. The molecular formula is C18H29N5O2. The summed E-state index contributed by atoms with van der Waals surface area (Å²) in [5.74, 6) is 1.17. The zero-order valence-electron chi connectivity index (χ0n) is 15.3. The molecule has 0 radical (unpaired) electrons. The van der Waals surface area contributed by atoms with Crippen molar-refractivity contribution in [1.82, 2.24) is 20.2 Å². The van der Waals surface area contributed by atoms with Gasteiger partial charge in [-0.05, 0) is 26.7 Å². The second-order valence-corrected chi connectivity index (χ2v) is 7.45. The maximum atomic E-state index is 12.6. The fourth-order valence-corrected chi connectivity index (χ4v) is 3.55. The van der Waals surface area contributed by atoms with E-state index in [-0.39, 0.29) is 17.4 Å². The van der Waals surface area contributed by atoms with E-state index in [1.54, 1.807) is 18.6 Å². The fraction of sp³-hybridized carbons (Fsp3) is 0.722. The molecule has 7 heteroatoms. The van der Waals surface area contributed by atoms with Crippen LogP contribution in [0.4, 0.5) is 5.82 Å². The number of rotatable bonds is 5. The Morgan fingerprint density at radius 2 is 1.96 bits per heavy atom. The Bertz CT molecular complexity index is 552. The van der Waals surface area contributed by atoms with Crippen LogP contribution in [-0.2, 0) is 9.53 Å². The van der Waals surface area contributed by atoms with Gasteiger partial charge in [-0.1, -0.05) is 0 Å². The van der Waals surface area contributed by atoms with E-state index in [1.807, 2.05) is 0 Å². The van der Waals surface area contributed by atoms with Crippen LogP contribution in [-0.4, -0.2) is 72.3 Å². The normalized spacial score (nSPS) is 20.5. The van der Waals surface area contributed by atoms with Crippen molar-refractivity contribution in [2.45, 2.75) is 32.2 Å². The first-order valence-electron chi connectivity index (χ1n) is 9.18. The highest BCUT2D eigenvalue weighted by molar-refractivity contribution is 5.79. The van der Waals surface area contributed by atoms with Gasteiger partial charge in [-0.15, -0.1) is 0 Å². The average Bonchev–Trinajstić information content (AvgIpc) is 2.68. The minimum Gasteiger partial charge on any atom is -0.379 e. The summed E-state index contributed by atoms with van der Waals surface area (Å²) in [6, 6.07) is 0. The van der Waals surface area contributed by atoms with Crippen LogP contribution in [0.25, 0.3) is 0 Å². The van der Waals surface area contributed by atoms with Gasteiger partial charge in [0.05, 0.1) is 19.4 Å². The number of piperidine rings is 1. The summed E-state index contributed by atoms with van der Waals surface area (Å²) < 4.78 is 5.42. The maximum absolute atomic E-state index is 12.6. The van der Waals surface area contributed by atoms with Crippen LogP contribution in [0.2, 0.25) is 0 Å². The van der Waals surface area contributed by atoms with Gasteiger partial charge < -0.3 is 15.0 Å². The van der Waals surface area contributed by atoms with Crippen molar-refractivity contribution in [2.75, 3.05) is 50.8 Å². The lowest BCUT2D eigenvalue weighted by molar-refractivity contribution is -0.126. The number of hydrogen-bond donors (Lipinski definition) is 1. The van der Waals surface area contributed by atoms with E-state index >= 15 is 0 Å².